The predicted octanol–water partition coefficient (Wildman–Crippen LogP) is 2.69. The predicted molar refractivity (Wildman–Crippen MR) is 106 cm³/mol. The van der Waals surface area contributed by atoms with Crippen LogP contribution in [-0.2, 0) is 4.79 Å². The van der Waals surface area contributed by atoms with Crippen molar-refractivity contribution in [3.05, 3.63) is 48.3 Å². The molecule has 1 saturated carbocycles. The van der Waals surface area contributed by atoms with Crippen LogP contribution in [0.5, 0.6) is 0 Å². The highest BCUT2D eigenvalue weighted by Crippen LogP contribution is 2.28. The SMILES string of the molecule is O=C(c1cnc(Nc2ccccc2)nc1)N1CCCN(C(=O)C2CCC2)CC1. The number of aromatic nitrogens is 2. The molecule has 0 bridgehead atoms. The summed E-state index contributed by atoms with van der Waals surface area (Å²) >= 11 is 0. The topological polar surface area (TPSA) is 78.4 Å². The third-order valence-corrected chi connectivity index (χ3v) is 5.48. The number of hydrogen-bond donors (Lipinski definition) is 1. The Kier molecular flexibility index (Phi) is 5.50. The first-order valence-electron chi connectivity index (χ1n) is 9.93. The average Bonchev–Trinajstić information content (AvgIpc) is 2.94. The van der Waals surface area contributed by atoms with Crippen LogP contribution >= 0.6 is 0 Å². The third kappa shape index (κ3) is 4.13. The van der Waals surface area contributed by atoms with Gasteiger partial charge in [-0.1, -0.05) is 24.6 Å². The van der Waals surface area contributed by atoms with Gasteiger partial charge in [-0.15, -0.1) is 0 Å². The fraction of sp³-hybridized carbons (Fsp3) is 0.429. The van der Waals surface area contributed by atoms with Gasteiger partial charge in [-0.3, -0.25) is 9.59 Å². The minimum atomic E-state index is -0.0794. The number of hydrogen-bond acceptors (Lipinski definition) is 5. The molecule has 1 N–H and O–H groups in total. The van der Waals surface area contributed by atoms with Gasteiger partial charge in [-0.2, -0.15) is 0 Å². The van der Waals surface area contributed by atoms with Gasteiger partial charge in [0.1, 0.15) is 0 Å². The Hall–Kier alpha value is -2.96. The second-order valence-corrected chi connectivity index (χ2v) is 7.39. The van der Waals surface area contributed by atoms with Gasteiger partial charge in [0.2, 0.25) is 11.9 Å². The summed E-state index contributed by atoms with van der Waals surface area (Å²) in [5.74, 6) is 0.848. The maximum absolute atomic E-state index is 12.8. The standard InChI is InChI=1S/C21H25N5O2/c27-19(16-6-4-7-16)25-10-5-11-26(13-12-25)20(28)17-14-22-21(23-15-17)24-18-8-2-1-3-9-18/h1-3,8-9,14-16H,4-7,10-13H2,(H,22,23,24). The van der Waals surface area contributed by atoms with Gasteiger partial charge in [0.15, 0.2) is 0 Å². The van der Waals surface area contributed by atoms with Crippen LogP contribution in [0.1, 0.15) is 36.0 Å². The Bertz CT molecular complexity index is 820. The summed E-state index contributed by atoms with van der Waals surface area (Å²) in [6.45, 7) is 2.55. The van der Waals surface area contributed by atoms with E-state index >= 15 is 0 Å². The van der Waals surface area contributed by atoms with Crippen molar-refractivity contribution in [3.8, 4) is 0 Å². The van der Waals surface area contributed by atoms with Crippen molar-refractivity contribution in [1.82, 2.24) is 19.8 Å². The lowest BCUT2D eigenvalue weighted by Crippen LogP contribution is -2.41. The van der Waals surface area contributed by atoms with Crippen molar-refractivity contribution in [2.45, 2.75) is 25.7 Å². The molecule has 146 valence electrons. The van der Waals surface area contributed by atoms with Gasteiger partial charge in [0.05, 0.1) is 5.56 Å². The Balaban J connectivity index is 1.35. The van der Waals surface area contributed by atoms with Crippen molar-refractivity contribution in [2.24, 2.45) is 5.92 Å². The molecule has 28 heavy (non-hydrogen) atoms. The summed E-state index contributed by atoms with van der Waals surface area (Å²) in [6.07, 6.45) is 7.10. The number of anilines is 2. The van der Waals surface area contributed by atoms with Crippen molar-refractivity contribution in [1.29, 1.82) is 0 Å². The molecule has 2 aromatic rings. The summed E-state index contributed by atoms with van der Waals surface area (Å²) in [5.41, 5.74) is 1.36. The smallest absolute Gasteiger partial charge is 0.257 e. The lowest BCUT2D eigenvalue weighted by molar-refractivity contribution is -0.138. The molecule has 1 aromatic carbocycles. The van der Waals surface area contributed by atoms with Crippen LogP contribution in [0.2, 0.25) is 0 Å². The molecule has 2 fully saturated rings. The normalized spacial score (nSPS) is 17.6. The zero-order valence-electron chi connectivity index (χ0n) is 15.9. The first kappa shape index (κ1) is 18.4. The molecule has 2 amide bonds. The van der Waals surface area contributed by atoms with E-state index in [1.165, 1.54) is 0 Å². The van der Waals surface area contributed by atoms with Crippen LogP contribution in [0.25, 0.3) is 0 Å². The van der Waals surface area contributed by atoms with Crippen LogP contribution in [-0.4, -0.2) is 57.8 Å². The third-order valence-electron chi connectivity index (χ3n) is 5.48. The number of carbonyl (C=O) groups excluding carboxylic acids is 2. The highest BCUT2D eigenvalue weighted by Gasteiger charge is 2.31. The quantitative estimate of drug-likeness (QED) is 0.884. The molecule has 0 unspecified atom stereocenters. The molecule has 7 nitrogen and oxygen atoms in total. The molecular formula is C21H25N5O2. The lowest BCUT2D eigenvalue weighted by atomic mass is 9.84. The second kappa shape index (κ2) is 8.37. The average molecular weight is 379 g/mol. The Morgan fingerprint density at radius 3 is 2.25 bits per heavy atom. The Morgan fingerprint density at radius 2 is 1.57 bits per heavy atom. The number of nitrogens with one attached hydrogen (secondary N) is 1. The number of rotatable bonds is 4. The highest BCUT2D eigenvalue weighted by atomic mass is 16.2. The van der Waals surface area contributed by atoms with Crippen molar-refractivity contribution < 1.29 is 9.59 Å². The van der Waals surface area contributed by atoms with Crippen LogP contribution in [0, 0.1) is 5.92 Å². The molecule has 4 rings (SSSR count). The van der Waals surface area contributed by atoms with Gasteiger partial charge in [-0.25, -0.2) is 9.97 Å². The van der Waals surface area contributed by atoms with E-state index < -0.39 is 0 Å². The molecule has 2 heterocycles. The van der Waals surface area contributed by atoms with E-state index in [-0.39, 0.29) is 17.7 Å². The Labute approximate surface area is 164 Å². The first-order valence-corrected chi connectivity index (χ1v) is 9.93. The van der Waals surface area contributed by atoms with E-state index in [4.69, 9.17) is 0 Å². The van der Waals surface area contributed by atoms with E-state index in [2.05, 4.69) is 15.3 Å². The number of para-hydroxylation sites is 1. The van der Waals surface area contributed by atoms with Gasteiger partial charge >= 0.3 is 0 Å². The van der Waals surface area contributed by atoms with E-state index in [1.54, 1.807) is 17.3 Å². The van der Waals surface area contributed by atoms with Gasteiger partial charge in [-0.05, 0) is 31.4 Å². The van der Waals surface area contributed by atoms with Crippen LogP contribution in [0.3, 0.4) is 0 Å². The zero-order chi connectivity index (χ0) is 19.3. The van der Waals surface area contributed by atoms with Crippen molar-refractivity contribution in [2.75, 3.05) is 31.5 Å². The molecule has 0 spiro atoms. The van der Waals surface area contributed by atoms with E-state index in [1.807, 2.05) is 35.2 Å². The number of nitrogens with zero attached hydrogens (tertiary/aromatic N) is 4. The molecule has 7 heteroatoms. The second-order valence-electron chi connectivity index (χ2n) is 7.39. The maximum Gasteiger partial charge on any atom is 0.257 e. The molecule has 2 aliphatic rings. The molecule has 1 saturated heterocycles. The number of benzene rings is 1. The maximum atomic E-state index is 12.8. The van der Waals surface area contributed by atoms with Crippen LogP contribution in [0.4, 0.5) is 11.6 Å². The zero-order valence-corrected chi connectivity index (χ0v) is 15.9. The Morgan fingerprint density at radius 1 is 0.893 bits per heavy atom. The van der Waals surface area contributed by atoms with Crippen LogP contribution < -0.4 is 5.32 Å². The van der Waals surface area contributed by atoms with Crippen molar-refractivity contribution in [3.63, 3.8) is 0 Å². The summed E-state index contributed by atoms with van der Waals surface area (Å²) < 4.78 is 0. The van der Waals surface area contributed by atoms with Gasteiger partial charge < -0.3 is 15.1 Å². The lowest BCUT2D eigenvalue weighted by Gasteiger charge is -2.31. The first-order chi connectivity index (χ1) is 13.7. The van der Waals surface area contributed by atoms with Crippen LogP contribution in [0.15, 0.2) is 42.7 Å². The fourth-order valence-corrected chi connectivity index (χ4v) is 3.59. The number of carbonyl (C=O) groups is 2. The fourth-order valence-electron chi connectivity index (χ4n) is 3.59. The minimum absolute atomic E-state index is 0.0794. The van der Waals surface area contributed by atoms with Crippen molar-refractivity contribution >= 4 is 23.5 Å². The highest BCUT2D eigenvalue weighted by molar-refractivity contribution is 5.93. The molecule has 1 aromatic heterocycles. The monoisotopic (exact) mass is 379 g/mol. The minimum Gasteiger partial charge on any atom is -0.341 e. The van der Waals surface area contributed by atoms with E-state index in [0.29, 0.717) is 31.1 Å². The molecular weight excluding hydrogens is 354 g/mol. The molecule has 1 aliphatic carbocycles. The molecule has 0 atom stereocenters. The number of amides is 2. The molecule has 0 radical (unpaired) electrons. The molecule has 1 aliphatic heterocycles. The summed E-state index contributed by atoms with van der Waals surface area (Å²) in [7, 11) is 0. The van der Waals surface area contributed by atoms with Gasteiger partial charge in [0, 0.05) is 50.2 Å². The summed E-state index contributed by atoms with van der Waals surface area (Å²) in [4.78, 5) is 37.5. The van der Waals surface area contributed by atoms with Gasteiger partial charge in [0.25, 0.3) is 5.91 Å². The summed E-state index contributed by atoms with van der Waals surface area (Å²) in [5, 5.41) is 3.11. The summed E-state index contributed by atoms with van der Waals surface area (Å²) in [6, 6.07) is 9.65. The largest absolute Gasteiger partial charge is 0.341 e. The van der Waals surface area contributed by atoms with E-state index in [9.17, 15) is 9.59 Å². The van der Waals surface area contributed by atoms with E-state index in [0.717, 1.165) is 37.9 Å².